The van der Waals surface area contributed by atoms with Crippen LogP contribution in [0.4, 0.5) is 11.4 Å². The lowest BCUT2D eigenvalue weighted by Gasteiger charge is -2.20. The van der Waals surface area contributed by atoms with Gasteiger partial charge in [-0.1, -0.05) is 24.3 Å². The van der Waals surface area contributed by atoms with E-state index in [-0.39, 0.29) is 18.9 Å². The van der Waals surface area contributed by atoms with Crippen molar-refractivity contribution in [2.75, 3.05) is 16.8 Å². The summed E-state index contributed by atoms with van der Waals surface area (Å²) in [5, 5.41) is 2.81. The van der Waals surface area contributed by atoms with Crippen molar-refractivity contribution in [3.63, 3.8) is 0 Å². The number of rotatable bonds is 5. The molecule has 1 N–H and O–H groups in total. The fraction of sp³-hybridized carbons (Fsp3) is 0.375. The highest BCUT2D eigenvalue weighted by atomic mass is 16.5. The van der Waals surface area contributed by atoms with Gasteiger partial charge in [-0.15, -0.1) is 0 Å². The smallest absolute Gasteiger partial charge is 0.312 e. The van der Waals surface area contributed by atoms with Crippen LogP contribution in [0.25, 0.3) is 0 Å². The first-order valence-corrected chi connectivity index (χ1v) is 10.1. The van der Waals surface area contributed by atoms with Crippen LogP contribution in [0.15, 0.2) is 36.4 Å². The van der Waals surface area contributed by atoms with E-state index < -0.39 is 23.9 Å². The number of anilines is 2. The molecule has 158 valence electrons. The van der Waals surface area contributed by atoms with Crippen LogP contribution in [0.5, 0.6) is 0 Å². The molecule has 0 aromatic heterocycles. The minimum absolute atomic E-state index is 0.0809. The van der Waals surface area contributed by atoms with Gasteiger partial charge in [-0.3, -0.25) is 14.4 Å². The summed E-state index contributed by atoms with van der Waals surface area (Å²) in [6.45, 7) is 9.59. The second-order valence-electron chi connectivity index (χ2n) is 8.01. The van der Waals surface area contributed by atoms with Gasteiger partial charge in [0.05, 0.1) is 5.92 Å². The first-order chi connectivity index (χ1) is 14.2. The highest BCUT2D eigenvalue weighted by molar-refractivity contribution is 6.01. The maximum atomic E-state index is 12.6. The Morgan fingerprint density at radius 2 is 1.83 bits per heavy atom. The van der Waals surface area contributed by atoms with Crippen molar-refractivity contribution in [3.05, 3.63) is 58.7 Å². The largest absolute Gasteiger partial charge is 0.452 e. The van der Waals surface area contributed by atoms with Crippen molar-refractivity contribution >= 4 is 29.2 Å². The quantitative estimate of drug-likeness (QED) is 0.763. The van der Waals surface area contributed by atoms with Crippen molar-refractivity contribution < 1.29 is 19.1 Å². The van der Waals surface area contributed by atoms with E-state index >= 15 is 0 Å². The lowest BCUT2D eigenvalue weighted by Crippen LogP contribution is -2.33. The molecule has 0 aliphatic carbocycles. The molecular weight excluding hydrogens is 380 g/mol. The second kappa shape index (κ2) is 8.69. The van der Waals surface area contributed by atoms with Gasteiger partial charge < -0.3 is 15.0 Å². The van der Waals surface area contributed by atoms with Crippen molar-refractivity contribution in [1.29, 1.82) is 0 Å². The minimum atomic E-state index is -0.956. The Hall–Kier alpha value is -3.15. The Balaban J connectivity index is 1.63. The van der Waals surface area contributed by atoms with Crippen LogP contribution in [0.3, 0.4) is 0 Å². The molecule has 6 nitrogen and oxygen atoms in total. The average Bonchev–Trinajstić information content (AvgIpc) is 3.08. The number of nitrogens with one attached hydrogen (secondary N) is 1. The highest BCUT2D eigenvalue weighted by Crippen LogP contribution is 2.30. The molecule has 1 fully saturated rings. The van der Waals surface area contributed by atoms with Gasteiger partial charge in [0, 0.05) is 24.3 Å². The summed E-state index contributed by atoms with van der Waals surface area (Å²) in [6, 6.07) is 11.5. The molecule has 0 spiro atoms. The Morgan fingerprint density at radius 3 is 2.57 bits per heavy atom. The molecule has 2 atom stereocenters. The number of hydrogen-bond acceptors (Lipinski definition) is 4. The van der Waals surface area contributed by atoms with Gasteiger partial charge in [0.1, 0.15) is 0 Å². The summed E-state index contributed by atoms with van der Waals surface area (Å²) in [5.74, 6) is -1.63. The normalized spacial score (nSPS) is 17.0. The molecule has 2 aromatic rings. The summed E-state index contributed by atoms with van der Waals surface area (Å²) in [6.07, 6.45) is -0.875. The van der Waals surface area contributed by atoms with E-state index in [4.69, 9.17) is 4.74 Å². The maximum absolute atomic E-state index is 12.6. The summed E-state index contributed by atoms with van der Waals surface area (Å²) in [4.78, 5) is 39.3. The Kier molecular flexibility index (Phi) is 6.25. The van der Waals surface area contributed by atoms with Gasteiger partial charge in [-0.25, -0.2) is 0 Å². The molecular formula is C24H28N2O4. The monoisotopic (exact) mass is 408 g/mol. The van der Waals surface area contributed by atoms with Crippen LogP contribution < -0.4 is 10.2 Å². The second-order valence-corrected chi connectivity index (χ2v) is 8.01. The number of esters is 1. The number of benzene rings is 2. The third-order valence-corrected chi connectivity index (χ3v) is 5.64. The maximum Gasteiger partial charge on any atom is 0.312 e. The summed E-state index contributed by atoms with van der Waals surface area (Å²) >= 11 is 0. The SMILES string of the molecule is Cc1ccc(C)c(NC(=O)[C@H](C)OC(=O)[C@H]2CC(=O)N(c3cccc(C)c3C)C2)c1. The molecule has 1 aliphatic heterocycles. The Labute approximate surface area is 177 Å². The zero-order chi connectivity index (χ0) is 22.0. The van der Waals surface area contributed by atoms with Crippen molar-refractivity contribution in [2.45, 2.75) is 47.1 Å². The number of hydrogen-bond donors (Lipinski definition) is 1. The number of carbonyl (C=O) groups is 3. The van der Waals surface area contributed by atoms with Crippen molar-refractivity contribution in [3.8, 4) is 0 Å². The zero-order valence-corrected chi connectivity index (χ0v) is 18.1. The predicted molar refractivity (Wildman–Crippen MR) is 116 cm³/mol. The van der Waals surface area contributed by atoms with Gasteiger partial charge in [-0.2, -0.15) is 0 Å². The summed E-state index contributed by atoms with van der Waals surface area (Å²) in [5.41, 5.74) is 5.56. The first kappa shape index (κ1) is 21.6. The number of amides is 2. The van der Waals surface area contributed by atoms with Crippen LogP contribution in [0, 0.1) is 33.6 Å². The van der Waals surface area contributed by atoms with Crippen molar-refractivity contribution in [1.82, 2.24) is 0 Å². The molecule has 2 aromatic carbocycles. The molecule has 0 unspecified atom stereocenters. The zero-order valence-electron chi connectivity index (χ0n) is 18.1. The number of nitrogens with zero attached hydrogens (tertiary/aromatic N) is 1. The van der Waals surface area contributed by atoms with Gasteiger partial charge >= 0.3 is 5.97 Å². The number of ether oxygens (including phenoxy) is 1. The van der Waals surface area contributed by atoms with Crippen LogP contribution in [0.2, 0.25) is 0 Å². The summed E-state index contributed by atoms with van der Waals surface area (Å²) < 4.78 is 5.40. The lowest BCUT2D eigenvalue weighted by molar-refractivity contribution is -0.157. The molecule has 3 rings (SSSR count). The molecule has 1 heterocycles. The van der Waals surface area contributed by atoms with Crippen LogP contribution in [-0.4, -0.2) is 30.4 Å². The van der Waals surface area contributed by atoms with Gasteiger partial charge in [0.25, 0.3) is 5.91 Å². The molecule has 0 bridgehead atoms. The highest BCUT2D eigenvalue weighted by Gasteiger charge is 2.37. The molecule has 2 amide bonds. The molecule has 30 heavy (non-hydrogen) atoms. The molecule has 0 saturated carbocycles. The molecule has 1 saturated heterocycles. The van der Waals surface area contributed by atoms with Gasteiger partial charge in [-0.05, 0) is 69.0 Å². The number of carbonyl (C=O) groups excluding carboxylic acids is 3. The molecule has 6 heteroatoms. The topological polar surface area (TPSA) is 75.7 Å². The average molecular weight is 408 g/mol. The van der Waals surface area contributed by atoms with Crippen LogP contribution >= 0.6 is 0 Å². The van der Waals surface area contributed by atoms with E-state index in [1.807, 2.05) is 64.1 Å². The summed E-state index contributed by atoms with van der Waals surface area (Å²) in [7, 11) is 0. The van der Waals surface area contributed by atoms with Crippen LogP contribution in [-0.2, 0) is 19.1 Å². The fourth-order valence-electron chi connectivity index (χ4n) is 3.56. The van der Waals surface area contributed by atoms with E-state index in [2.05, 4.69) is 5.32 Å². The van der Waals surface area contributed by atoms with E-state index in [0.29, 0.717) is 5.69 Å². The third kappa shape index (κ3) is 4.53. The first-order valence-electron chi connectivity index (χ1n) is 10.1. The Bertz CT molecular complexity index is 999. The van der Waals surface area contributed by atoms with E-state index in [9.17, 15) is 14.4 Å². The minimum Gasteiger partial charge on any atom is -0.452 e. The van der Waals surface area contributed by atoms with Crippen LogP contribution in [0.1, 0.15) is 35.6 Å². The van der Waals surface area contributed by atoms with E-state index in [0.717, 1.165) is 27.9 Å². The van der Waals surface area contributed by atoms with E-state index in [1.165, 1.54) is 6.92 Å². The third-order valence-electron chi connectivity index (χ3n) is 5.64. The van der Waals surface area contributed by atoms with E-state index in [1.54, 1.807) is 4.90 Å². The van der Waals surface area contributed by atoms with Crippen molar-refractivity contribution in [2.24, 2.45) is 5.92 Å². The Morgan fingerprint density at radius 1 is 1.10 bits per heavy atom. The fourth-order valence-corrected chi connectivity index (χ4v) is 3.56. The van der Waals surface area contributed by atoms with Gasteiger partial charge in [0.15, 0.2) is 6.10 Å². The lowest BCUT2D eigenvalue weighted by atomic mass is 10.1. The standard InChI is InChI=1S/C24H28N2O4/c1-14-9-10-16(3)20(11-14)25-23(28)18(5)30-24(29)19-12-22(27)26(13-19)21-8-6-7-15(2)17(21)4/h6-11,18-19H,12-13H2,1-5H3,(H,25,28)/t18-,19-/m0/s1. The number of aryl methyl sites for hydroxylation is 3. The molecule has 0 radical (unpaired) electrons. The van der Waals surface area contributed by atoms with Gasteiger partial charge in [0.2, 0.25) is 5.91 Å². The predicted octanol–water partition coefficient (Wildman–Crippen LogP) is 3.84. The molecule has 1 aliphatic rings.